The van der Waals surface area contributed by atoms with E-state index in [4.69, 9.17) is 4.74 Å². The molecule has 1 fully saturated rings. The number of ether oxygens (including phenoxy) is 1. The summed E-state index contributed by atoms with van der Waals surface area (Å²) < 4.78 is 4.94. The van der Waals surface area contributed by atoms with Gasteiger partial charge in [-0.05, 0) is 6.42 Å². The molecule has 6 heteroatoms. The molecule has 0 radical (unpaired) electrons. The molecule has 1 heterocycles. The van der Waals surface area contributed by atoms with Gasteiger partial charge in [0.2, 0.25) is 11.8 Å². The number of carbonyl (C=O) groups is 2. The zero-order chi connectivity index (χ0) is 15.9. The Morgan fingerprint density at radius 1 is 1.14 bits per heavy atom. The van der Waals surface area contributed by atoms with Gasteiger partial charge in [-0.1, -0.05) is 20.8 Å². The van der Waals surface area contributed by atoms with Gasteiger partial charge in [-0.2, -0.15) is 0 Å². The fraction of sp³-hybridized carbons (Fsp3) is 0.867. The van der Waals surface area contributed by atoms with Crippen LogP contribution in [-0.2, 0) is 14.3 Å². The number of nitrogens with zero attached hydrogens (tertiary/aromatic N) is 2. The second kappa shape index (κ2) is 8.34. The Kier molecular flexibility index (Phi) is 7.11. The second-order valence-corrected chi connectivity index (χ2v) is 6.51. The molecule has 0 saturated carbocycles. The zero-order valence-electron chi connectivity index (χ0n) is 13.8. The standard InChI is InChI=1S/C15H29N3O3/c1-15(2,3)14(20)18-9-7-17(8-10-18)12-13(19)16-6-5-11-21-4/h5-12H2,1-4H3,(H,16,19). The van der Waals surface area contributed by atoms with Gasteiger partial charge in [0, 0.05) is 51.9 Å². The van der Waals surface area contributed by atoms with Crippen molar-refractivity contribution in [2.75, 3.05) is 53.0 Å². The van der Waals surface area contributed by atoms with Crippen molar-refractivity contribution in [1.29, 1.82) is 0 Å². The van der Waals surface area contributed by atoms with Crippen molar-refractivity contribution < 1.29 is 14.3 Å². The highest BCUT2D eigenvalue weighted by atomic mass is 16.5. The molecule has 0 spiro atoms. The molecule has 0 bridgehead atoms. The minimum atomic E-state index is -0.332. The number of hydrogen-bond acceptors (Lipinski definition) is 4. The van der Waals surface area contributed by atoms with Crippen molar-refractivity contribution in [3.63, 3.8) is 0 Å². The van der Waals surface area contributed by atoms with E-state index in [-0.39, 0.29) is 17.2 Å². The van der Waals surface area contributed by atoms with Crippen LogP contribution in [0.5, 0.6) is 0 Å². The number of piperazine rings is 1. The van der Waals surface area contributed by atoms with Gasteiger partial charge in [-0.25, -0.2) is 0 Å². The largest absolute Gasteiger partial charge is 0.385 e. The molecule has 0 aromatic rings. The fourth-order valence-corrected chi connectivity index (χ4v) is 2.29. The summed E-state index contributed by atoms with van der Waals surface area (Å²) in [6.45, 7) is 10.5. The monoisotopic (exact) mass is 299 g/mol. The van der Waals surface area contributed by atoms with E-state index in [2.05, 4.69) is 10.2 Å². The maximum Gasteiger partial charge on any atom is 0.234 e. The molecule has 21 heavy (non-hydrogen) atoms. The van der Waals surface area contributed by atoms with Gasteiger partial charge >= 0.3 is 0 Å². The Hall–Kier alpha value is -1.14. The summed E-state index contributed by atoms with van der Waals surface area (Å²) in [5.41, 5.74) is -0.332. The lowest BCUT2D eigenvalue weighted by molar-refractivity contribution is -0.141. The van der Waals surface area contributed by atoms with E-state index in [0.717, 1.165) is 19.5 Å². The van der Waals surface area contributed by atoms with E-state index in [1.807, 2.05) is 25.7 Å². The number of nitrogens with one attached hydrogen (secondary N) is 1. The minimum absolute atomic E-state index is 0.0432. The Labute approximate surface area is 127 Å². The quantitative estimate of drug-likeness (QED) is 0.718. The highest BCUT2D eigenvalue weighted by Crippen LogP contribution is 2.18. The van der Waals surface area contributed by atoms with Crippen LogP contribution in [0.1, 0.15) is 27.2 Å². The molecule has 1 rings (SSSR count). The van der Waals surface area contributed by atoms with E-state index in [9.17, 15) is 9.59 Å². The summed E-state index contributed by atoms with van der Waals surface area (Å²) >= 11 is 0. The fourth-order valence-electron chi connectivity index (χ4n) is 2.29. The third-order valence-corrected chi connectivity index (χ3v) is 3.52. The SMILES string of the molecule is COCCCNC(=O)CN1CCN(C(=O)C(C)(C)C)CC1. The predicted octanol–water partition coefficient (Wildman–Crippen LogP) is 0.329. The summed E-state index contributed by atoms with van der Waals surface area (Å²) in [6.07, 6.45) is 0.829. The van der Waals surface area contributed by atoms with Crippen LogP contribution in [0.25, 0.3) is 0 Å². The number of hydrogen-bond donors (Lipinski definition) is 1. The van der Waals surface area contributed by atoms with Crippen molar-refractivity contribution in [1.82, 2.24) is 15.1 Å². The molecule has 6 nitrogen and oxygen atoms in total. The molecular weight excluding hydrogens is 270 g/mol. The topological polar surface area (TPSA) is 61.9 Å². The molecule has 0 aromatic carbocycles. The van der Waals surface area contributed by atoms with Gasteiger partial charge in [0.1, 0.15) is 0 Å². The van der Waals surface area contributed by atoms with Gasteiger partial charge < -0.3 is 15.0 Å². The van der Waals surface area contributed by atoms with Crippen LogP contribution in [0.3, 0.4) is 0 Å². The lowest BCUT2D eigenvalue weighted by Gasteiger charge is -2.37. The molecular formula is C15H29N3O3. The predicted molar refractivity (Wildman–Crippen MR) is 82.0 cm³/mol. The van der Waals surface area contributed by atoms with Crippen molar-refractivity contribution in [2.45, 2.75) is 27.2 Å². The average Bonchev–Trinajstić information content (AvgIpc) is 2.43. The Morgan fingerprint density at radius 3 is 2.29 bits per heavy atom. The highest BCUT2D eigenvalue weighted by Gasteiger charge is 2.29. The Morgan fingerprint density at radius 2 is 1.76 bits per heavy atom. The number of amides is 2. The number of carbonyl (C=O) groups excluding carboxylic acids is 2. The summed E-state index contributed by atoms with van der Waals surface area (Å²) in [5, 5.41) is 2.88. The van der Waals surface area contributed by atoms with Crippen LogP contribution in [0.15, 0.2) is 0 Å². The normalized spacial score (nSPS) is 16.9. The summed E-state index contributed by atoms with van der Waals surface area (Å²) in [4.78, 5) is 27.9. The van der Waals surface area contributed by atoms with E-state index < -0.39 is 0 Å². The molecule has 0 aliphatic carbocycles. The van der Waals surface area contributed by atoms with E-state index in [0.29, 0.717) is 32.8 Å². The van der Waals surface area contributed by atoms with Crippen molar-refractivity contribution in [3.05, 3.63) is 0 Å². The first-order valence-corrected chi connectivity index (χ1v) is 7.62. The first kappa shape index (κ1) is 17.9. The van der Waals surface area contributed by atoms with Crippen molar-refractivity contribution in [2.24, 2.45) is 5.41 Å². The average molecular weight is 299 g/mol. The van der Waals surface area contributed by atoms with Crippen LogP contribution in [0, 0.1) is 5.41 Å². The van der Waals surface area contributed by atoms with Gasteiger partial charge in [-0.3, -0.25) is 14.5 Å². The third kappa shape index (κ3) is 6.44. The second-order valence-electron chi connectivity index (χ2n) is 6.51. The molecule has 1 N–H and O–H groups in total. The van der Waals surface area contributed by atoms with Gasteiger partial charge in [-0.15, -0.1) is 0 Å². The van der Waals surface area contributed by atoms with Crippen LogP contribution in [0.2, 0.25) is 0 Å². The molecule has 1 aliphatic heterocycles. The van der Waals surface area contributed by atoms with Crippen LogP contribution in [-0.4, -0.2) is 74.6 Å². The molecule has 0 aromatic heterocycles. The van der Waals surface area contributed by atoms with Crippen LogP contribution >= 0.6 is 0 Å². The molecule has 122 valence electrons. The smallest absolute Gasteiger partial charge is 0.234 e. The maximum atomic E-state index is 12.2. The van der Waals surface area contributed by atoms with Crippen LogP contribution in [0.4, 0.5) is 0 Å². The first-order valence-electron chi connectivity index (χ1n) is 7.62. The summed E-state index contributed by atoms with van der Waals surface area (Å²) in [6, 6.07) is 0. The summed E-state index contributed by atoms with van der Waals surface area (Å²) in [5.74, 6) is 0.230. The summed E-state index contributed by atoms with van der Waals surface area (Å²) in [7, 11) is 1.65. The van der Waals surface area contributed by atoms with Gasteiger partial charge in [0.15, 0.2) is 0 Å². The Balaban J connectivity index is 2.24. The van der Waals surface area contributed by atoms with Gasteiger partial charge in [0.25, 0.3) is 0 Å². The van der Waals surface area contributed by atoms with Crippen LogP contribution < -0.4 is 5.32 Å². The van der Waals surface area contributed by atoms with Crippen molar-refractivity contribution >= 4 is 11.8 Å². The first-order chi connectivity index (χ1) is 9.84. The van der Waals surface area contributed by atoms with Gasteiger partial charge in [0.05, 0.1) is 6.54 Å². The zero-order valence-corrected chi connectivity index (χ0v) is 13.8. The molecule has 1 aliphatic rings. The minimum Gasteiger partial charge on any atom is -0.385 e. The lowest BCUT2D eigenvalue weighted by Crippen LogP contribution is -2.53. The van der Waals surface area contributed by atoms with E-state index in [1.165, 1.54) is 0 Å². The molecule has 0 atom stereocenters. The van der Waals surface area contributed by atoms with E-state index in [1.54, 1.807) is 7.11 Å². The highest BCUT2D eigenvalue weighted by molar-refractivity contribution is 5.81. The molecule has 0 unspecified atom stereocenters. The Bertz CT molecular complexity index is 345. The molecule has 1 saturated heterocycles. The lowest BCUT2D eigenvalue weighted by atomic mass is 9.94. The number of methoxy groups -OCH3 is 1. The maximum absolute atomic E-state index is 12.2. The van der Waals surface area contributed by atoms with E-state index >= 15 is 0 Å². The van der Waals surface area contributed by atoms with Crippen molar-refractivity contribution in [3.8, 4) is 0 Å². The molecule has 2 amide bonds. The third-order valence-electron chi connectivity index (χ3n) is 3.52. The number of rotatable bonds is 6.